The van der Waals surface area contributed by atoms with Crippen LogP contribution in [-0.2, 0) is 11.2 Å². The molecule has 2 rings (SSSR count). The Labute approximate surface area is 85.1 Å². The van der Waals surface area contributed by atoms with Gasteiger partial charge in [-0.25, -0.2) is 0 Å². The van der Waals surface area contributed by atoms with E-state index in [1.165, 1.54) is 5.56 Å². The summed E-state index contributed by atoms with van der Waals surface area (Å²) < 4.78 is 5.44. The van der Waals surface area contributed by atoms with Crippen LogP contribution in [0, 0.1) is 5.41 Å². The Hall–Kier alpha value is -0.860. The summed E-state index contributed by atoms with van der Waals surface area (Å²) >= 11 is 0. The molecule has 0 aromatic heterocycles. The van der Waals surface area contributed by atoms with E-state index in [1.807, 2.05) is 6.07 Å². The molecule has 2 nitrogen and oxygen atoms in total. The lowest BCUT2D eigenvalue weighted by Gasteiger charge is -2.25. The van der Waals surface area contributed by atoms with Crippen molar-refractivity contribution < 1.29 is 4.74 Å². The second kappa shape index (κ2) is 4.11. The number of benzene rings is 1. The first-order chi connectivity index (χ1) is 6.85. The summed E-state index contributed by atoms with van der Waals surface area (Å²) in [6.07, 6.45) is 2.14. The molecule has 1 aliphatic heterocycles. The zero-order chi connectivity index (χ0) is 9.86. The molecule has 0 spiro atoms. The molecule has 1 aliphatic rings. The maximum absolute atomic E-state index is 5.84. The zero-order valence-electron chi connectivity index (χ0n) is 8.41. The quantitative estimate of drug-likeness (QED) is 0.787. The van der Waals surface area contributed by atoms with Crippen LogP contribution in [0.5, 0.6) is 0 Å². The third-order valence-electron chi connectivity index (χ3n) is 3.04. The molecule has 1 saturated heterocycles. The molecule has 2 N–H and O–H groups in total. The van der Waals surface area contributed by atoms with Gasteiger partial charge in [-0.3, -0.25) is 0 Å². The van der Waals surface area contributed by atoms with Crippen molar-refractivity contribution >= 4 is 0 Å². The Kier molecular flexibility index (Phi) is 2.85. The van der Waals surface area contributed by atoms with E-state index in [2.05, 4.69) is 24.3 Å². The Morgan fingerprint density at radius 3 is 2.64 bits per heavy atom. The van der Waals surface area contributed by atoms with Crippen LogP contribution in [0.4, 0.5) is 0 Å². The largest absolute Gasteiger partial charge is 0.381 e. The number of rotatable bonds is 3. The van der Waals surface area contributed by atoms with Crippen molar-refractivity contribution in [1.82, 2.24) is 0 Å². The molecule has 0 saturated carbocycles. The van der Waals surface area contributed by atoms with Gasteiger partial charge in [0, 0.05) is 18.6 Å². The van der Waals surface area contributed by atoms with E-state index in [1.54, 1.807) is 0 Å². The second-order valence-electron chi connectivity index (χ2n) is 4.17. The van der Waals surface area contributed by atoms with E-state index in [0.29, 0.717) is 0 Å². The first-order valence-electron chi connectivity index (χ1n) is 5.16. The van der Waals surface area contributed by atoms with E-state index in [-0.39, 0.29) is 5.41 Å². The van der Waals surface area contributed by atoms with Crippen molar-refractivity contribution in [3.8, 4) is 0 Å². The average molecular weight is 191 g/mol. The van der Waals surface area contributed by atoms with Gasteiger partial charge >= 0.3 is 0 Å². The molecular weight excluding hydrogens is 174 g/mol. The SMILES string of the molecule is NCC1(Cc2ccccc2)CCOC1. The van der Waals surface area contributed by atoms with Crippen molar-refractivity contribution in [2.45, 2.75) is 12.8 Å². The van der Waals surface area contributed by atoms with Crippen LogP contribution in [0.1, 0.15) is 12.0 Å². The minimum atomic E-state index is 0.196. The van der Waals surface area contributed by atoms with Gasteiger partial charge in [-0.05, 0) is 18.4 Å². The molecule has 14 heavy (non-hydrogen) atoms. The van der Waals surface area contributed by atoms with Gasteiger partial charge in [-0.15, -0.1) is 0 Å². The number of ether oxygens (including phenoxy) is 1. The molecule has 0 radical (unpaired) electrons. The predicted molar refractivity (Wildman–Crippen MR) is 57.1 cm³/mol. The molecule has 0 amide bonds. The molecular formula is C12H17NO. The van der Waals surface area contributed by atoms with Crippen LogP contribution in [0.15, 0.2) is 30.3 Å². The number of hydrogen-bond acceptors (Lipinski definition) is 2. The van der Waals surface area contributed by atoms with Crippen LogP contribution < -0.4 is 5.73 Å². The van der Waals surface area contributed by atoms with Crippen molar-refractivity contribution in [3.63, 3.8) is 0 Å². The van der Waals surface area contributed by atoms with Crippen molar-refractivity contribution in [2.24, 2.45) is 11.1 Å². The van der Waals surface area contributed by atoms with Crippen LogP contribution in [0.3, 0.4) is 0 Å². The summed E-state index contributed by atoms with van der Waals surface area (Å²) in [5, 5.41) is 0. The van der Waals surface area contributed by atoms with Crippen molar-refractivity contribution in [3.05, 3.63) is 35.9 Å². The Bertz CT molecular complexity index is 278. The summed E-state index contributed by atoms with van der Waals surface area (Å²) in [6.45, 7) is 2.41. The van der Waals surface area contributed by atoms with Gasteiger partial charge in [0.05, 0.1) is 6.61 Å². The molecule has 76 valence electrons. The molecule has 1 atom stereocenters. The highest BCUT2D eigenvalue weighted by molar-refractivity contribution is 5.17. The lowest BCUT2D eigenvalue weighted by Crippen LogP contribution is -2.33. The van der Waals surface area contributed by atoms with Crippen LogP contribution in [0.25, 0.3) is 0 Å². The normalized spacial score (nSPS) is 26.6. The lowest BCUT2D eigenvalue weighted by molar-refractivity contribution is 0.154. The minimum absolute atomic E-state index is 0.196. The molecule has 1 aromatic rings. The first-order valence-corrected chi connectivity index (χ1v) is 5.16. The molecule has 0 bridgehead atoms. The Morgan fingerprint density at radius 2 is 2.07 bits per heavy atom. The summed E-state index contributed by atoms with van der Waals surface area (Å²) in [5.74, 6) is 0. The highest BCUT2D eigenvalue weighted by atomic mass is 16.5. The molecule has 0 aliphatic carbocycles. The van der Waals surface area contributed by atoms with E-state index in [9.17, 15) is 0 Å². The van der Waals surface area contributed by atoms with Gasteiger partial charge in [-0.2, -0.15) is 0 Å². The van der Waals surface area contributed by atoms with Gasteiger partial charge in [0.1, 0.15) is 0 Å². The van der Waals surface area contributed by atoms with Gasteiger partial charge in [-0.1, -0.05) is 30.3 Å². The molecule has 1 heterocycles. The lowest BCUT2D eigenvalue weighted by atomic mass is 9.81. The minimum Gasteiger partial charge on any atom is -0.381 e. The average Bonchev–Trinajstić information content (AvgIpc) is 2.69. The fourth-order valence-electron chi connectivity index (χ4n) is 2.05. The van der Waals surface area contributed by atoms with Crippen LogP contribution in [0.2, 0.25) is 0 Å². The maximum Gasteiger partial charge on any atom is 0.0538 e. The Balaban J connectivity index is 2.08. The van der Waals surface area contributed by atoms with E-state index >= 15 is 0 Å². The summed E-state index contributed by atoms with van der Waals surface area (Å²) in [7, 11) is 0. The van der Waals surface area contributed by atoms with Gasteiger partial charge < -0.3 is 10.5 Å². The predicted octanol–water partition coefficient (Wildman–Crippen LogP) is 1.59. The monoisotopic (exact) mass is 191 g/mol. The molecule has 1 unspecified atom stereocenters. The van der Waals surface area contributed by atoms with Gasteiger partial charge in [0.25, 0.3) is 0 Å². The standard InChI is InChI=1S/C12H17NO/c13-9-12(6-7-14-10-12)8-11-4-2-1-3-5-11/h1-5H,6-10,13H2. The molecule has 2 heteroatoms. The highest BCUT2D eigenvalue weighted by Gasteiger charge is 2.33. The third kappa shape index (κ3) is 1.97. The Morgan fingerprint density at radius 1 is 1.29 bits per heavy atom. The summed E-state index contributed by atoms with van der Waals surface area (Å²) in [6, 6.07) is 10.5. The fraction of sp³-hybridized carbons (Fsp3) is 0.500. The third-order valence-corrected chi connectivity index (χ3v) is 3.04. The van der Waals surface area contributed by atoms with E-state index in [0.717, 1.165) is 32.6 Å². The molecule has 1 aromatic carbocycles. The van der Waals surface area contributed by atoms with Gasteiger partial charge in [0.15, 0.2) is 0 Å². The fourth-order valence-corrected chi connectivity index (χ4v) is 2.05. The highest BCUT2D eigenvalue weighted by Crippen LogP contribution is 2.31. The van der Waals surface area contributed by atoms with Crippen LogP contribution in [-0.4, -0.2) is 19.8 Å². The van der Waals surface area contributed by atoms with Gasteiger partial charge in [0.2, 0.25) is 0 Å². The number of hydrogen-bond donors (Lipinski definition) is 1. The number of nitrogens with two attached hydrogens (primary N) is 1. The second-order valence-corrected chi connectivity index (χ2v) is 4.17. The van der Waals surface area contributed by atoms with E-state index in [4.69, 9.17) is 10.5 Å². The van der Waals surface area contributed by atoms with Crippen molar-refractivity contribution in [1.29, 1.82) is 0 Å². The topological polar surface area (TPSA) is 35.2 Å². The zero-order valence-corrected chi connectivity index (χ0v) is 8.41. The maximum atomic E-state index is 5.84. The summed E-state index contributed by atoms with van der Waals surface area (Å²) in [4.78, 5) is 0. The van der Waals surface area contributed by atoms with E-state index < -0.39 is 0 Å². The summed E-state index contributed by atoms with van der Waals surface area (Å²) in [5.41, 5.74) is 7.40. The van der Waals surface area contributed by atoms with Crippen LogP contribution >= 0.6 is 0 Å². The first kappa shape index (κ1) is 9.69. The smallest absolute Gasteiger partial charge is 0.0538 e. The van der Waals surface area contributed by atoms with Crippen molar-refractivity contribution in [2.75, 3.05) is 19.8 Å². The molecule has 1 fully saturated rings.